The van der Waals surface area contributed by atoms with Crippen molar-refractivity contribution in [2.24, 2.45) is 0 Å². The minimum atomic E-state index is -3.15. The van der Waals surface area contributed by atoms with Crippen LogP contribution in [0.3, 0.4) is 0 Å². The molecule has 0 aliphatic rings. The van der Waals surface area contributed by atoms with Gasteiger partial charge in [0.15, 0.2) is 0 Å². The molecule has 0 saturated carbocycles. The zero-order valence-electron chi connectivity index (χ0n) is 17.5. The molecule has 0 saturated heterocycles. The Kier molecular flexibility index (Phi) is 423. The van der Waals surface area contributed by atoms with Crippen LogP contribution in [0.15, 0.2) is 0 Å². The van der Waals surface area contributed by atoms with E-state index < -0.39 is 77.7 Å². The van der Waals surface area contributed by atoms with E-state index in [9.17, 15) is 0 Å². The Bertz CT molecular complexity index is 369. The molecular weight excluding hydrogens is 589 g/mol. The molecule has 0 spiro atoms. The third-order valence-corrected chi connectivity index (χ3v) is 0.183. The van der Waals surface area contributed by atoms with Gasteiger partial charge in [-0.2, -0.15) is 0 Å². The van der Waals surface area contributed by atoms with E-state index >= 15 is 0 Å². The van der Waals surface area contributed by atoms with E-state index in [0.717, 1.165) is 0 Å². The van der Waals surface area contributed by atoms with E-state index in [1.54, 1.807) is 0 Å². The van der Waals surface area contributed by atoms with Crippen LogP contribution in [0.4, 0.5) is 0 Å². The van der Waals surface area contributed by atoms with Crippen LogP contribution in [0, 0.1) is 0 Å². The van der Waals surface area contributed by atoms with Gasteiger partial charge in [-0.05, 0) is 4.57 Å². The monoisotopic (exact) mass is 595 g/mol. The Hall–Kier alpha value is 3.62. The van der Waals surface area contributed by atoms with Crippen LogP contribution in [-0.2, 0) is 104 Å². The summed E-state index contributed by atoms with van der Waals surface area (Å²) in [5, 5.41) is 8.53. The summed E-state index contributed by atoms with van der Waals surface area (Å²) in [6.07, 6.45) is 0. The van der Waals surface area contributed by atoms with Gasteiger partial charge < -0.3 is 13.0 Å². The summed E-state index contributed by atoms with van der Waals surface area (Å²) in [4.78, 5) is 8.87. The molecule has 151 valence electrons. The fourth-order valence-corrected chi connectivity index (χ4v) is 0. The van der Waals surface area contributed by atoms with E-state index in [1.165, 1.54) is 0 Å². The Morgan fingerprint density at radius 3 is 0.724 bits per heavy atom. The molecule has 1 atom stereocenters. The number of hydrogen-bond acceptors (Lipinski definition) is 16. The van der Waals surface area contributed by atoms with Gasteiger partial charge in [-0.3, -0.25) is 0 Å². The summed E-state index contributed by atoms with van der Waals surface area (Å²) in [5.74, 6) is 0. The minimum absolute atomic E-state index is 0. The van der Waals surface area contributed by atoms with Gasteiger partial charge in [0.05, 0.1) is 0 Å². The third kappa shape index (κ3) is 878. The molecule has 0 aromatic rings. The number of rotatable bonds is 1. The van der Waals surface area contributed by atoms with Crippen molar-refractivity contribution in [2.45, 2.75) is 0 Å². The summed E-state index contributed by atoms with van der Waals surface area (Å²) in [7, 11) is -7.40. The van der Waals surface area contributed by atoms with Crippen LogP contribution < -0.4 is 66.7 Å². The molecule has 0 amide bonds. The first-order chi connectivity index (χ1) is 11.8. The summed E-state index contributed by atoms with van der Waals surface area (Å²) < 4.78 is 112. The predicted molar refractivity (Wildman–Crippen MR) is 61.4 cm³/mol. The molecule has 0 N–H and O–H groups in total. The molecule has 0 fully saturated rings. The molecule has 1 radical (unpaired) electrons. The van der Waals surface area contributed by atoms with Gasteiger partial charge in [-0.1, -0.05) is 0 Å². The van der Waals surface area contributed by atoms with E-state index in [4.69, 9.17) is 65.1 Å². The topological polar surface area (TPSA) is 277 Å². The molecule has 0 aromatic heterocycles. The number of hydrogen-bond donors (Lipinski definition) is 0. The molecule has 1 unspecified atom stereocenters. The molecule has 29 heavy (non-hydrogen) atoms. The normalized spacial score (nSPS) is 5.10. The molecular formula is H5Fe3Li6O16P4. The first-order valence-corrected chi connectivity index (χ1v) is 10.1. The average molecular weight is 594 g/mol. The predicted octanol–water partition coefficient (Wildman–Crippen LogP) is -11.3. The van der Waals surface area contributed by atoms with E-state index in [-0.39, 0.29) is 78.3 Å². The SMILES string of the molecule is O=[P+]([O-])O[O-].O=[PH]=O.O=[PH]=O.O=[PH]=O.[H-].[H-].[Li+].[Li+].[Li+].[Li].[Li][Li].[O]=[Fe]=[O].[O]=[Fe]=[O].[O]=[Fe]=[O]. The van der Waals surface area contributed by atoms with Crippen molar-refractivity contribution in [1.82, 2.24) is 0 Å². The molecule has 0 bridgehead atoms. The fraction of sp³-hybridized carbons (Fsp3) is 0. The van der Waals surface area contributed by atoms with Crippen molar-refractivity contribution in [3.05, 3.63) is 0 Å². The summed E-state index contributed by atoms with van der Waals surface area (Å²) in [5.41, 5.74) is 0. The van der Waals surface area contributed by atoms with Gasteiger partial charge in [0.2, 0.25) is 0 Å². The molecule has 29 heteroatoms. The first-order valence-electron chi connectivity index (χ1n) is 3.81. The van der Waals surface area contributed by atoms with Gasteiger partial charge in [0.25, 0.3) is 0 Å². The maximum absolute atomic E-state index is 8.87. The summed E-state index contributed by atoms with van der Waals surface area (Å²) >= 11 is 0.250. The van der Waals surface area contributed by atoms with Crippen molar-refractivity contribution in [3.8, 4) is 0 Å². The van der Waals surface area contributed by atoms with Crippen molar-refractivity contribution in [3.63, 3.8) is 0 Å². The molecule has 0 aliphatic carbocycles. The van der Waals surface area contributed by atoms with Crippen LogP contribution in [0.1, 0.15) is 2.85 Å². The third-order valence-electron chi connectivity index (χ3n) is 0.0609. The van der Waals surface area contributed by atoms with Gasteiger partial charge in [0.1, 0.15) is 0 Å². The Labute approximate surface area is 253 Å². The van der Waals surface area contributed by atoms with Crippen molar-refractivity contribution in [2.75, 3.05) is 0 Å². The average Bonchev–Trinajstić information content (AvgIpc) is 2.54. The molecule has 16 nitrogen and oxygen atoms in total. The van der Waals surface area contributed by atoms with Crippen molar-refractivity contribution in [1.29, 1.82) is 0 Å². The molecule has 0 aliphatic heterocycles. The second-order valence-corrected chi connectivity index (χ2v) is 2.37. The second kappa shape index (κ2) is 160. The zero-order chi connectivity index (χ0) is 22.5. The van der Waals surface area contributed by atoms with Gasteiger partial charge in [0, 0.05) is 18.9 Å². The molecule has 0 aromatic carbocycles. The Morgan fingerprint density at radius 1 is 0.690 bits per heavy atom. The zero-order valence-corrected chi connectivity index (χ0v) is 22.7. The van der Waals surface area contributed by atoms with Crippen LogP contribution in [0.25, 0.3) is 0 Å². The second-order valence-electron chi connectivity index (χ2n) is 0.725. The van der Waals surface area contributed by atoms with Gasteiger partial charge in [-0.15, -0.1) is 0 Å². The van der Waals surface area contributed by atoms with E-state index in [1.807, 2.05) is 30.8 Å². The Morgan fingerprint density at radius 2 is 0.724 bits per heavy atom. The first kappa shape index (κ1) is 76.7. The van der Waals surface area contributed by atoms with Crippen LogP contribution >= 0.6 is 33.3 Å². The van der Waals surface area contributed by atoms with Gasteiger partial charge in [-0.25, -0.2) is 32.1 Å². The molecule has 0 rings (SSSR count). The quantitative estimate of drug-likeness (QED) is 0.118. The Balaban J connectivity index is -0.00000000874. The fourth-order valence-electron chi connectivity index (χ4n) is 0. The van der Waals surface area contributed by atoms with Crippen LogP contribution in [-0.4, -0.2) is 49.6 Å². The van der Waals surface area contributed by atoms with Crippen LogP contribution in [0.2, 0.25) is 0 Å². The summed E-state index contributed by atoms with van der Waals surface area (Å²) in [6.45, 7) is 0. The maximum atomic E-state index is 8.87. The molecule has 0 heterocycles. The standard InChI is InChI=1S/3Fe.6Li.HO4P.3HO2P.6O.2H/c;;;;;;;;;1-4-5(2)3;3*1-3-2;;;;;;;;/h;;;;;;;;;1H;3*3H;;;;;;;;/q;;;;;;3*+1;;;;;;;;;;;2*-1/p-1. The summed E-state index contributed by atoms with van der Waals surface area (Å²) in [6, 6.07) is 0. The van der Waals surface area contributed by atoms with Crippen LogP contribution in [0.5, 0.6) is 0 Å². The van der Waals surface area contributed by atoms with Crippen molar-refractivity contribution >= 4 is 82.9 Å². The van der Waals surface area contributed by atoms with E-state index in [2.05, 4.69) is 4.67 Å². The van der Waals surface area contributed by atoms with Gasteiger partial charge >= 0.3 is 188 Å². The van der Waals surface area contributed by atoms with Crippen molar-refractivity contribution < 1.29 is 174 Å². The van der Waals surface area contributed by atoms with E-state index in [0.29, 0.717) is 0 Å².